The Labute approximate surface area is 110 Å². The minimum atomic E-state index is -0.0287. The molecule has 1 saturated carbocycles. The third-order valence-electron chi connectivity index (χ3n) is 5.33. The molecule has 3 unspecified atom stereocenters. The Morgan fingerprint density at radius 2 is 2.00 bits per heavy atom. The van der Waals surface area contributed by atoms with Crippen molar-refractivity contribution in [2.24, 2.45) is 28.9 Å². The average Bonchev–Trinajstić information content (AvgIpc) is 2.24. The van der Waals surface area contributed by atoms with Crippen molar-refractivity contribution in [1.82, 2.24) is 4.90 Å². The predicted molar refractivity (Wildman–Crippen MR) is 70.8 cm³/mol. The lowest BCUT2D eigenvalue weighted by Gasteiger charge is -2.49. The van der Waals surface area contributed by atoms with Gasteiger partial charge in [0.15, 0.2) is 0 Å². The van der Waals surface area contributed by atoms with Gasteiger partial charge in [-0.1, -0.05) is 20.8 Å². The minimum Gasteiger partial charge on any atom is -0.396 e. The van der Waals surface area contributed by atoms with Gasteiger partial charge in [-0.25, -0.2) is 0 Å². The molecular weight excluding hydrogens is 228 g/mol. The number of likely N-dealkylation sites (tertiary alicyclic amines) is 1. The Morgan fingerprint density at radius 3 is 2.56 bits per heavy atom. The van der Waals surface area contributed by atoms with Crippen LogP contribution in [0.1, 0.15) is 33.6 Å². The molecule has 3 atom stereocenters. The molecule has 3 N–H and O–H groups in total. The molecule has 18 heavy (non-hydrogen) atoms. The molecule has 0 spiro atoms. The van der Waals surface area contributed by atoms with Crippen LogP contribution in [0, 0.1) is 23.2 Å². The van der Waals surface area contributed by atoms with Crippen LogP contribution < -0.4 is 5.73 Å². The summed E-state index contributed by atoms with van der Waals surface area (Å²) in [6.07, 6.45) is 1.84. The molecule has 1 heterocycles. The molecule has 2 rings (SSSR count). The van der Waals surface area contributed by atoms with Crippen LogP contribution in [0.2, 0.25) is 0 Å². The molecule has 1 aliphatic heterocycles. The van der Waals surface area contributed by atoms with Gasteiger partial charge < -0.3 is 15.7 Å². The molecule has 0 radical (unpaired) electrons. The lowest BCUT2D eigenvalue weighted by atomic mass is 9.60. The van der Waals surface area contributed by atoms with Crippen molar-refractivity contribution in [3.63, 3.8) is 0 Å². The molecule has 0 aromatic heterocycles. The molecule has 0 bridgehead atoms. The maximum absolute atomic E-state index is 12.5. The number of aliphatic hydroxyl groups is 1. The number of carbonyl (C=O) groups excluding carboxylic acids is 1. The molecule has 4 heteroatoms. The standard InChI is InChI=1S/C14H26N2O2/c1-9-12(15)5-4-11(14(9,2)3)13(18)16-6-10(7-16)8-17/h9-12,17H,4-8,15H2,1-3H3. The van der Waals surface area contributed by atoms with Crippen molar-refractivity contribution in [2.75, 3.05) is 19.7 Å². The lowest BCUT2D eigenvalue weighted by molar-refractivity contribution is -0.151. The fourth-order valence-corrected chi connectivity index (χ4v) is 3.38. The van der Waals surface area contributed by atoms with E-state index in [4.69, 9.17) is 10.8 Å². The van der Waals surface area contributed by atoms with Crippen LogP contribution in [0.5, 0.6) is 0 Å². The Bertz CT molecular complexity index is 324. The molecular formula is C14H26N2O2. The largest absolute Gasteiger partial charge is 0.396 e. The third kappa shape index (κ3) is 2.16. The van der Waals surface area contributed by atoms with Gasteiger partial charge in [-0.05, 0) is 24.2 Å². The van der Waals surface area contributed by atoms with Crippen molar-refractivity contribution in [3.8, 4) is 0 Å². The first-order valence-electron chi connectivity index (χ1n) is 7.03. The van der Waals surface area contributed by atoms with E-state index in [1.807, 2.05) is 4.90 Å². The summed E-state index contributed by atoms with van der Waals surface area (Å²) < 4.78 is 0. The number of aliphatic hydroxyl groups excluding tert-OH is 1. The van der Waals surface area contributed by atoms with E-state index in [0.29, 0.717) is 11.8 Å². The molecule has 1 amide bonds. The lowest BCUT2D eigenvalue weighted by Crippen LogP contribution is -2.58. The molecule has 2 fully saturated rings. The zero-order valence-electron chi connectivity index (χ0n) is 11.7. The van der Waals surface area contributed by atoms with Crippen LogP contribution in [0.25, 0.3) is 0 Å². The first-order valence-corrected chi connectivity index (χ1v) is 7.03. The number of rotatable bonds is 2. The maximum Gasteiger partial charge on any atom is 0.226 e. The molecule has 1 aliphatic carbocycles. The fourth-order valence-electron chi connectivity index (χ4n) is 3.38. The van der Waals surface area contributed by atoms with Gasteiger partial charge in [-0.15, -0.1) is 0 Å². The summed E-state index contributed by atoms with van der Waals surface area (Å²) in [5.74, 6) is 1.02. The van der Waals surface area contributed by atoms with E-state index in [1.54, 1.807) is 0 Å². The minimum absolute atomic E-state index is 0.0287. The van der Waals surface area contributed by atoms with Gasteiger partial charge in [-0.2, -0.15) is 0 Å². The predicted octanol–water partition coefficient (Wildman–Crippen LogP) is 0.837. The number of amides is 1. The Balaban J connectivity index is 2.02. The number of hydrogen-bond donors (Lipinski definition) is 2. The van der Waals surface area contributed by atoms with Crippen LogP contribution in [0.3, 0.4) is 0 Å². The first-order chi connectivity index (χ1) is 8.37. The summed E-state index contributed by atoms with van der Waals surface area (Å²) >= 11 is 0. The van der Waals surface area contributed by atoms with Crippen LogP contribution >= 0.6 is 0 Å². The Hall–Kier alpha value is -0.610. The average molecular weight is 254 g/mol. The monoisotopic (exact) mass is 254 g/mol. The molecule has 4 nitrogen and oxygen atoms in total. The van der Waals surface area contributed by atoms with E-state index >= 15 is 0 Å². The van der Waals surface area contributed by atoms with Gasteiger partial charge in [-0.3, -0.25) is 4.79 Å². The van der Waals surface area contributed by atoms with Crippen LogP contribution in [0.15, 0.2) is 0 Å². The second-order valence-corrected chi connectivity index (χ2v) is 6.70. The normalized spacial score (nSPS) is 36.3. The smallest absolute Gasteiger partial charge is 0.226 e. The van der Waals surface area contributed by atoms with Gasteiger partial charge in [0.2, 0.25) is 5.91 Å². The van der Waals surface area contributed by atoms with Gasteiger partial charge >= 0.3 is 0 Å². The van der Waals surface area contributed by atoms with Gasteiger partial charge in [0.05, 0.1) is 0 Å². The van der Waals surface area contributed by atoms with E-state index in [0.717, 1.165) is 25.9 Å². The second-order valence-electron chi connectivity index (χ2n) is 6.70. The highest BCUT2D eigenvalue weighted by atomic mass is 16.3. The number of hydrogen-bond acceptors (Lipinski definition) is 3. The van der Waals surface area contributed by atoms with Gasteiger partial charge in [0.1, 0.15) is 0 Å². The Kier molecular flexibility index (Phi) is 3.70. The van der Waals surface area contributed by atoms with Crippen molar-refractivity contribution in [2.45, 2.75) is 39.7 Å². The van der Waals surface area contributed by atoms with Crippen molar-refractivity contribution in [1.29, 1.82) is 0 Å². The second kappa shape index (κ2) is 4.82. The van der Waals surface area contributed by atoms with Crippen molar-refractivity contribution < 1.29 is 9.90 Å². The summed E-state index contributed by atoms with van der Waals surface area (Å²) in [7, 11) is 0. The first kappa shape index (κ1) is 13.8. The zero-order valence-corrected chi connectivity index (χ0v) is 11.7. The fraction of sp³-hybridized carbons (Fsp3) is 0.929. The number of nitrogens with two attached hydrogens (primary N) is 1. The van der Waals surface area contributed by atoms with E-state index in [9.17, 15) is 4.79 Å². The van der Waals surface area contributed by atoms with E-state index < -0.39 is 0 Å². The van der Waals surface area contributed by atoms with Crippen LogP contribution in [-0.4, -0.2) is 41.7 Å². The van der Waals surface area contributed by atoms with Crippen molar-refractivity contribution in [3.05, 3.63) is 0 Å². The van der Waals surface area contributed by atoms with E-state index in [1.165, 1.54) is 0 Å². The SMILES string of the molecule is CC1C(N)CCC(C(=O)N2CC(CO)C2)C1(C)C. The molecule has 2 aliphatic rings. The highest BCUT2D eigenvalue weighted by molar-refractivity contribution is 5.80. The van der Waals surface area contributed by atoms with Gasteiger partial charge in [0, 0.05) is 37.6 Å². The summed E-state index contributed by atoms with van der Waals surface area (Å²) in [6.45, 7) is 8.14. The summed E-state index contributed by atoms with van der Waals surface area (Å²) in [5.41, 5.74) is 6.10. The summed E-state index contributed by atoms with van der Waals surface area (Å²) in [4.78, 5) is 14.4. The van der Waals surface area contributed by atoms with E-state index in [2.05, 4.69) is 20.8 Å². The maximum atomic E-state index is 12.5. The number of carbonyl (C=O) groups is 1. The summed E-state index contributed by atoms with van der Waals surface area (Å²) in [6, 6.07) is 0.214. The number of nitrogens with zero attached hydrogens (tertiary/aromatic N) is 1. The molecule has 0 aromatic rings. The van der Waals surface area contributed by atoms with Gasteiger partial charge in [0.25, 0.3) is 0 Å². The molecule has 104 valence electrons. The summed E-state index contributed by atoms with van der Waals surface area (Å²) in [5, 5.41) is 9.02. The molecule has 1 saturated heterocycles. The highest BCUT2D eigenvalue weighted by Crippen LogP contribution is 2.45. The third-order valence-corrected chi connectivity index (χ3v) is 5.33. The highest BCUT2D eigenvalue weighted by Gasteiger charge is 2.47. The van der Waals surface area contributed by atoms with Crippen molar-refractivity contribution >= 4 is 5.91 Å². The zero-order chi connectivity index (χ0) is 13.5. The molecule has 0 aromatic carbocycles. The van der Waals surface area contributed by atoms with Crippen LogP contribution in [0.4, 0.5) is 0 Å². The topological polar surface area (TPSA) is 66.6 Å². The quantitative estimate of drug-likeness (QED) is 0.767. The van der Waals surface area contributed by atoms with Crippen LogP contribution in [-0.2, 0) is 4.79 Å². The Morgan fingerprint density at radius 1 is 1.39 bits per heavy atom. The van der Waals surface area contributed by atoms with E-state index in [-0.39, 0.29) is 29.9 Å².